The molecule has 0 unspecified atom stereocenters. The van der Waals surface area contributed by atoms with Crippen molar-refractivity contribution in [2.45, 2.75) is 19.2 Å². The summed E-state index contributed by atoms with van der Waals surface area (Å²) in [7, 11) is 0. The number of nitriles is 2. The Hall–Kier alpha value is -2.42. The van der Waals surface area contributed by atoms with Crippen LogP contribution in [0.25, 0.3) is 0 Å². The summed E-state index contributed by atoms with van der Waals surface area (Å²) in [5.74, 6) is -1.03. The molecular weight excluding hydrogens is 273 g/mol. The summed E-state index contributed by atoms with van der Waals surface area (Å²) >= 11 is 0. The second-order valence-electron chi connectivity index (χ2n) is 3.17. The Morgan fingerprint density at radius 3 is 2.37 bits per heavy atom. The van der Waals surface area contributed by atoms with Crippen molar-refractivity contribution in [3.05, 3.63) is 23.0 Å². The predicted molar refractivity (Wildman–Crippen MR) is 49.9 cm³/mol. The molecule has 100 valence electrons. The second kappa shape index (κ2) is 5.48. The van der Waals surface area contributed by atoms with E-state index < -0.39 is 41.9 Å². The van der Waals surface area contributed by atoms with Crippen molar-refractivity contribution in [2.24, 2.45) is 0 Å². The van der Waals surface area contributed by atoms with Gasteiger partial charge >= 0.3 is 6.36 Å². The van der Waals surface area contributed by atoms with E-state index in [0.29, 0.717) is 6.07 Å². The van der Waals surface area contributed by atoms with Gasteiger partial charge in [-0.1, -0.05) is 0 Å². The van der Waals surface area contributed by atoms with Gasteiger partial charge in [0.2, 0.25) is 0 Å². The summed E-state index contributed by atoms with van der Waals surface area (Å²) in [6.07, 6.45) is -8.89. The number of hydrogen-bond donors (Lipinski definition) is 0. The summed E-state index contributed by atoms with van der Waals surface area (Å²) in [4.78, 5) is 3.21. The number of halogens is 5. The summed E-state index contributed by atoms with van der Waals surface area (Å²) < 4.78 is 64.9. The van der Waals surface area contributed by atoms with Gasteiger partial charge in [0.05, 0.1) is 23.7 Å². The average molecular weight is 277 g/mol. The van der Waals surface area contributed by atoms with Crippen molar-refractivity contribution in [2.75, 3.05) is 0 Å². The zero-order valence-corrected chi connectivity index (χ0v) is 9.00. The first-order valence-electron chi connectivity index (χ1n) is 4.63. The van der Waals surface area contributed by atoms with Gasteiger partial charge in [-0.2, -0.15) is 10.5 Å². The lowest BCUT2D eigenvalue weighted by molar-refractivity contribution is -0.275. The van der Waals surface area contributed by atoms with Gasteiger partial charge in [0.1, 0.15) is 11.8 Å². The molecule has 19 heavy (non-hydrogen) atoms. The lowest BCUT2D eigenvalue weighted by Gasteiger charge is -2.14. The predicted octanol–water partition coefficient (Wildman–Crippen LogP) is 2.86. The van der Waals surface area contributed by atoms with Crippen molar-refractivity contribution in [3.63, 3.8) is 0 Å². The highest BCUT2D eigenvalue weighted by Gasteiger charge is 2.34. The van der Waals surface area contributed by atoms with Crippen LogP contribution in [0, 0.1) is 22.7 Å². The van der Waals surface area contributed by atoms with E-state index in [-0.39, 0.29) is 0 Å². The summed E-state index contributed by atoms with van der Waals surface area (Å²) in [5.41, 5.74) is -2.31. The fourth-order valence-electron chi connectivity index (χ4n) is 1.23. The molecule has 0 atom stereocenters. The van der Waals surface area contributed by atoms with Gasteiger partial charge in [0.15, 0.2) is 5.75 Å². The largest absolute Gasteiger partial charge is 0.573 e. The highest BCUT2D eigenvalue weighted by Crippen LogP contribution is 2.31. The molecule has 0 fully saturated rings. The number of nitrogens with zero attached hydrogens (tertiary/aromatic N) is 3. The van der Waals surface area contributed by atoms with E-state index in [1.807, 2.05) is 0 Å². The van der Waals surface area contributed by atoms with Gasteiger partial charge in [-0.3, -0.25) is 0 Å². The van der Waals surface area contributed by atoms with Crippen LogP contribution in [0.5, 0.6) is 5.75 Å². The van der Waals surface area contributed by atoms with Crippen molar-refractivity contribution in [3.8, 4) is 17.9 Å². The van der Waals surface area contributed by atoms with E-state index >= 15 is 0 Å². The van der Waals surface area contributed by atoms with Crippen LogP contribution in [0.4, 0.5) is 22.0 Å². The minimum absolute atomic E-state index is 0.493. The number of rotatable bonds is 3. The van der Waals surface area contributed by atoms with E-state index in [1.54, 1.807) is 0 Å². The number of ether oxygens (including phenoxy) is 1. The van der Waals surface area contributed by atoms with Crippen LogP contribution in [0.3, 0.4) is 0 Å². The minimum Gasteiger partial charge on any atom is -0.402 e. The Morgan fingerprint density at radius 2 is 1.95 bits per heavy atom. The van der Waals surface area contributed by atoms with Crippen molar-refractivity contribution >= 4 is 0 Å². The van der Waals surface area contributed by atoms with Crippen LogP contribution in [0.2, 0.25) is 0 Å². The van der Waals surface area contributed by atoms with Crippen molar-refractivity contribution < 1.29 is 26.7 Å². The molecule has 0 aliphatic rings. The Bertz CT molecular complexity index is 556. The van der Waals surface area contributed by atoms with E-state index in [1.165, 1.54) is 12.1 Å². The Kier molecular flexibility index (Phi) is 4.22. The van der Waals surface area contributed by atoms with Gasteiger partial charge in [0.25, 0.3) is 6.43 Å². The monoisotopic (exact) mass is 277 g/mol. The third-order valence-electron chi connectivity index (χ3n) is 1.87. The van der Waals surface area contributed by atoms with Crippen LogP contribution in [0.15, 0.2) is 6.07 Å². The van der Waals surface area contributed by atoms with E-state index in [2.05, 4.69) is 9.72 Å². The smallest absolute Gasteiger partial charge is 0.402 e. The molecule has 0 bridgehead atoms. The molecule has 1 aromatic rings. The highest BCUT2D eigenvalue weighted by molar-refractivity contribution is 5.48. The Labute approximate surface area is 103 Å². The quantitative estimate of drug-likeness (QED) is 0.796. The lowest BCUT2D eigenvalue weighted by Crippen LogP contribution is -2.20. The molecule has 0 saturated heterocycles. The van der Waals surface area contributed by atoms with Gasteiger partial charge in [-0.25, -0.2) is 13.8 Å². The molecule has 4 nitrogen and oxygen atoms in total. The maximum absolute atomic E-state index is 12.5. The molecule has 0 aliphatic carbocycles. The van der Waals surface area contributed by atoms with Gasteiger partial charge in [-0.15, -0.1) is 13.2 Å². The summed E-state index contributed by atoms with van der Waals surface area (Å²) in [5, 5.41) is 17.1. The number of aromatic nitrogens is 1. The van der Waals surface area contributed by atoms with Crippen LogP contribution in [0.1, 0.15) is 23.4 Å². The molecule has 1 aromatic heterocycles. The van der Waals surface area contributed by atoms with Crippen LogP contribution >= 0.6 is 0 Å². The molecule has 0 aromatic carbocycles. The van der Waals surface area contributed by atoms with Gasteiger partial charge in [-0.05, 0) is 6.07 Å². The normalized spacial score (nSPS) is 10.9. The minimum atomic E-state index is -5.12. The van der Waals surface area contributed by atoms with Crippen LogP contribution < -0.4 is 4.74 Å². The fourth-order valence-corrected chi connectivity index (χ4v) is 1.23. The molecule has 0 spiro atoms. The maximum Gasteiger partial charge on any atom is 0.573 e. The Balaban J connectivity index is 3.42. The molecule has 9 heteroatoms. The molecule has 1 heterocycles. The van der Waals surface area contributed by atoms with Gasteiger partial charge in [0, 0.05) is 0 Å². The summed E-state index contributed by atoms with van der Waals surface area (Å²) in [6, 6.07) is 3.26. The first-order chi connectivity index (χ1) is 8.78. The fraction of sp³-hybridized carbons (Fsp3) is 0.300. The third kappa shape index (κ3) is 3.78. The van der Waals surface area contributed by atoms with E-state index in [9.17, 15) is 22.0 Å². The lowest BCUT2D eigenvalue weighted by atomic mass is 10.1. The number of pyridine rings is 1. The second-order valence-corrected chi connectivity index (χ2v) is 3.17. The van der Waals surface area contributed by atoms with Crippen LogP contribution in [-0.4, -0.2) is 11.3 Å². The zero-order valence-electron chi connectivity index (χ0n) is 9.00. The molecule has 0 aliphatic heterocycles. The first-order valence-corrected chi connectivity index (χ1v) is 4.63. The van der Waals surface area contributed by atoms with E-state index in [0.717, 1.165) is 0 Å². The molecule has 1 rings (SSSR count). The zero-order chi connectivity index (χ0) is 14.6. The maximum atomic E-state index is 12.5. The highest BCUT2D eigenvalue weighted by atomic mass is 19.4. The average Bonchev–Trinajstić information content (AvgIpc) is 2.29. The Morgan fingerprint density at radius 1 is 1.32 bits per heavy atom. The molecule has 0 radical (unpaired) electrons. The standard InChI is InChI=1S/C10H4F5N3O/c11-9(12)7-3-5(4-17)8(19-10(13,14)15)6(18-7)1-2-16/h3,9H,1H2. The molecular formula is C10H4F5N3O. The van der Waals surface area contributed by atoms with E-state index in [4.69, 9.17) is 10.5 Å². The SMILES string of the molecule is N#CCc1nc(C(F)F)cc(C#N)c1OC(F)(F)F. The van der Waals surface area contributed by atoms with Crippen LogP contribution in [-0.2, 0) is 6.42 Å². The van der Waals surface area contributed by atoms with Gasteiger partial charge < -0.3 is 4.74 Å². The third-order valence-corrected chi connectivity index (χ3v) is 1.87. The van der Waals surface area contributed by atoms with Crippen molar-refractivity contribution in [1.82, 2.24) is 4.98 Å². The summed E-state index contributed by atoms with van der Waals surface area (Å²) in [6.45, 7) is 0. The number of alkyl halides is 5. The molecule has 0 saturated carbocycles. The number of hydrogen-bond acceptors (Lipinski definition) is 4. The molecule has 0 N–H and O–H groups in total. The van der Waals surface area contributed by atoms with Crippen molar-refractivity contribution in [1.29, 1.82) is 10.5 Å². The first kappa shape index (κ1) is 14.6. The molecule has 0 amide bonds. The topological polar surface area (TPSA) is 69.7 Å².